The highest BCUT2D eigenvalue weighted by Gasteiger charge is 2.15. The number of Topliss-reactive ketones (excluding diaryl/α,β-unsaturated/α-hetero) is 1. The first-order valence-electron chi connectivity index (χ1n) is 10.4. The lowest BCUT2D eigenvalue weighted by atomic mass is 9.86. The zero-order valence-corrected chi connectivity index (χ0v) is 18.1. The molecular formula is C25H35NO2. The van der Waals surface area contributed by atoms with Gasteiger partial charge < -0.3 is 9.64 Å². The second-order valence-electron chi connectivity index (χ2n) is 8.24. The average molecular weight is 382 g/mol. The fourth-order valence-electron chi connectivity index (χ4n) is 3.21. The Morgan fingerprint density at radius 1 is 0.964 bits per heavy atom. The van der Waals surface area contributed by atoms with Gasteiger partial charge in [0, 0.05) is 13.0 Å². The number of likely N-dealkylation sites (N-methyl/N-ethyl adjacent to an activating group) is 1. The number of nitrogens with zero attached hydrogens (tertiary/aromatic N) is 1. The molecule has 0 fully saturated rings. The molecule has 0 atom stereocenters. The molecule has 0 radical (unpaired) electrons. The second-order valence-corrected chi connectivity index (χ2v) is 8.24. The topological polar surface area (TPSA) is 29.5 Å². The van der Waals surface area contributed by atoms with Crippen LogP contribution in [0.3, 0.4) is 0 Å². The standard InChI is InChI=1S/C25H35NO2/c1-6-26(7-2)18-19-28-24-11-9-8-10-22(24)23(27)17-14-20-12-15-21(16-13-20)25(3,4)5/h8-13,15-16H,6-7,14,17-19H2,1-5H3. The minimum atomic E-state index is 0.137. The van der Waals surface area contributed by atoms with Crippen molar-refractivity contribution in [3.8, 4) is 5.75 Å². The molecule has 0 N–H and O–H groups in total. The SMILES string of the molecule is CCN(CC)CCOc1ccccc1C(=O)CCc1ccc(C(C)(C)C)cc1. The number of carbonyl (C=O) groups excluding carboxylic acids is 1. The van der Waals surface area contributed by atoms with Gasteiger partial charge in [0.25, 0.3) is 0 Å². The zero-order valence-electron chi connectivity index (χ0n) is 18.1. The molecule has 3 heteroatoms. The van der Waals surface area contributed by atoms with E-state index in [4.69, 9.17) is 4.74 Å². The van der Waals surface area contributed by atoms with E-state index in [0.717, 1.165) is 26.1 Å². The highest BCUT2D eigenvalue weighted by molar-refractivity contribution is 5.98. The molecule has 0 heterocycles. The van der Waals surface area contributed by atoms with E-state index < -0.39 is 0 Å². The third-order valence-corrected chi connectivity index (χ3v) is 5.21. The van der Waals surface area contributed by atoms with E-state index in [2.05, 4.69) is 63.8 Å². The smallest absolute Gasteiger partial charge is 0.166 e. The molecule has 152 valence electrons. The lowest BCUT2D eigenvalue weighted by Crippen LogP contribution is -2.28. The average Bonchev–Trinajstić information content (AvgIpc) is 2.69. The van der Waals surface area contributed by atoms with Crippen LogP contribution >= 0.6 is 0 Å². The third kappa shape index (κ3) is 6.49. The Kier molecular flexibility index (Phi) is 8.25. The fraction of sp³-hybridized carbons (Fsp3) is 0.480. The summed E-state index contributed by atoms with van der Waals surface area (Å²) in [5.74, 6) is 0.834. The Labute approximate surface area is 170 Å². The first-order valence-corrected chi connectivity index (χ1v) is 10.4. The van der Waals surface area contributed by atoms with Crippen LogP contribution in [0.4, 0.5) is 0 Å². The summed E-state index contributed by atoms with van der Waals surface area (Å²) >= 11 is 0. The summed E-state index contributed by atoms with van der Waals surface area (Å²) in [4.78, 5) is 15.1. The number of hydrogen-bond donors (Lipinski definition) is 0. The molecule has 2 aromatic carbocycles. The predicted molar refractivity (Wildman–Crippen MR) is 118 cm³/mol. The maximum Gasteiger partial charge on any atom is 0.166 e. The van der Waals surface area contributed by atoms with Crippen LogP contribution in [0.15, 0.2) is 48.5 Å². The molecule has 0 aromatic heterocycles. The highest BCUT2D eigenvalue weighted by atomic mass is 16.5. The van der Waals surface area contributed by atoms with Gasteiger partial charge in [-0.1, -0.05) is 71.0 Å². The monoisotopic (exact) mass is 381 g/mol. The van der Waals surface area contributed by atoms with Crippen molar-refractivity contribution in [3.05, 3.63) is 65.2 Å². The van der Waals surface area contributed by atoms with Gasteiger partial charge in [0.15, 0.2) is 5.78 Å². The number of hydrogen-bond acceptors (Lipinski definition) is 3. The lowest BCUT2D eigenvalue weighted by molar-refractivity contribution is 0.0978. The van der Waals surface area contributed by atoms with Gasteiger partial charge in [0.1, 0.15) is 12.4 Å². The van der Waals surface area contributed by atoms with Crippen molar-refractivity contribution in [1.29, 1.82) is 0 Å². The molecule has 0 aliphatic carbocycles. The van der Waals surface area contributed by atoms with Gasteiger partial charge in [-0.2, -0.15) is 0 Å². The van der Waals surface area contributed by atoms with Crippen LogP contribution in [-0.4, -0.2) is 36.9 Å². The molecule has 2 aromatic rings. The van der Waals surface area contributed by atoms with Crippen molar-refractivity contribution in [2.75, 3.05) is 26.2 Å². The summed E-state index contributed by atoms with van der Waals surface area (Å²) in [6, 6.07) is 16.2. The van der Waals surface area contributed by atoms with Gasteiger partial charge in [-0.3, -0.25) is 4.79 Å². The van der Waals surface area contributed by atoms with Gasteiger partial charge in [0.2, 0.25) is 0 Å². The largest absolute Gasteiger partial charge is 0.491 e. The van der Waals surface area contributed by atoms with Crippen molar-refractivity contribution in [1.82, 2.24) is 4.90 Å². The van der Waals surface area contributed by atoms with Crippen LogP contribution < -0.4 is 4.74 Å². The Hall–Kier alpha value is -2.13. The number of carbonyl (C=O) groups is 1. The lowest BCUT2D eigenvalue weighted by Gasteiger charge is -2.19. The molecule has 0 unspecified atom stereocenters. The summed E-state index contributed by atoms with van der Waals surface area (Å²) in [5.41, 5.74) is 3.35. The summed E-state index contributed by atoms with van der Waals surface area (Å²) in [5, 5.41) is 0. The summed E-state index contributed by atoms with van der Waals surface area (Å²) in [6.45, 7) is 14.4. The molecule has 0 saturated heterocycles. The normalized spacial score (nSPS) is 11.6. The second kappa shape index (κ2) is 10.4. The number of ketones is 1. The predicted octanol–water partition coefficient (Wildman–Crippen LogP) is 5.52. The molecule has 0 aliphatic heterocycles. The third-order valence-electron chi connectivity index (χ3n) is 5.21. The van der Waals surface area contributed by atoms with E-state index in [9.17, 15) is 4.79 Å². The van der Waals surface area contributed by atoms with Gasteiger partial charge in [-0.25, -0.2) is 0 Å². The van der Waals surface area contributed by atoms with Crippen molar-refractivity contribution in [2.24, 2.45) is 0 Å². The van der Waals surface area contributed by atoms with Crippen LogP contribution in [0, 0.1) is 0 Å². The molecule has 0 spiro atoms. The summed E-state index contributed by atoms with van der Waals surface area (Å²) in [6.07, 6.45) is 1.24. The van der Waals surface area contributed by atoms with E-state index in [1.807, 2.05) is 24.3 Å². The Morgan fingerprint density at radius 3 is 2.21 bits per heavy atom. The zero-order chi connectivity index (χ0) is 20.6. The van der Waals surface area contributed by atoms with Crippen LogP contribution in [0.5, 0.6) is 5.75 Å². The summed E-state index contributed by atoms with van der Waals surface area (Å²) in [7, 11) is 0. The molecule has 0 aliphatic rings. The number of ether oxygens (including phenoxy) is 1. The maximum absolute atomic E-state index is 12.8. The minimum Gasteiger partial charge on any atom is -0.491 e. The minimum absolute atomic E-state index is 0.137. The molecule has 0 amide bonds. The van der Waals surface area contributed by atoms with Crippen molar-refractivity contribution in [2.45, 2.75) is 52.9 Å². The van der Waals surface area contributed by atoms with E-state index in [-0.39, 0.29) is 11.2 Å². The van der Waals surface area contributed by atoms with E-state index in [1.54, 1.807) is 0 Å². The molecular weight excluding hydrogens is 346 g/mol. The van der Waals surface area contributed by atoms with Gasteiger partial charge >= 0.3 is 0 Å². The van der Waals surface area contributed by atoms with Crippen molar-refractivity contribution < 1.29 is 9.53 Å². The van der Waals surface area contributed by atoms with E-state index in [1.165, 1.54) is 11.1 Å². The first-order chi connectivity index (χ1) is 13.3. The molecule has 0 bridgehead atoms. The van der Waals surface area contributed by atoms with Gasteiger partial charge in [-0.05, 0) is 48.2 Å². The van der Waals surface area contributed by atoms with Crippen LogP contribution in [0.25, 0.3) is 0 Å². The number of para-hydroxylation sites is 1. The number of aryl methyl sites for hydroxylation is 1. The maximum atomic E-state index is 12.8. The molecule has 2 rings (SSSR count). The highest BCUT2D eigenvalue weighted by Crippen LogP contribution is 2.24. The fourth-order valence-corrected chi connectivity index (χ4v) is 3.21. The van der Waals surface area contributed by atoms with Crippen molar-refractivity contribution in [3.63, 3.8) is 0 Å². The van der Waals surface area contributed by atoms with Gasteiger partial charge in [0.05, 0.1) is 5.56 Å². The van der Waals surface area contributed by atoms with Crippen molar-refractivity contribution >= 4 is 5.78 Å². The first kappa shape index (κ1) is 22.2. The van der Waals surface area contributed by atoms with E-state index in [0.29, 0.717) is 24.3 Å². The molecule has 28 heavy (non-hydrogen) atoms. The van der Waals surface area contributed by atoms with Gasteiger partial charge in [-0.15, -0.1) is 0 Å². The quantitative estimate of drug-likeness (QED) is 0.508. The Bertz CT molecular complexity index is 740. The van der Waals surface area contributed by atoms with Crippen LogP contribution in [0.1, 0.15) is 62.5 Å². The summed E-state index contributed by atoms with van der Waals surface area (Å²) < 4.78 is 5.94. The number of rotatable bonds is 10. The molecule has 3 nitrogen and oxygen atoms in total. The number of benzene rings is 2. The molecule has 0 saturated carbocycles. The Balaban J connectivity index is 1.95. The Morgan fingerprint density at radius 2 is 1.61 bits per heavy atom. The van der Waals surface area contributed by atoms with E-state index >= 15 is 0 Å². The van der Waals surface area contributed by atoms with Crippen LogP contribution in [0.2, 0.25) is 0 Å². The van der Waals surface area contributed by atoms with Crippen LogP contribution in [-0.2, 0) is 11.8 Å².